The molecule has 0 aliphatic rings. The predicted molar refractivity (Wildman–Crippen MR) is 131 cm³/mol. The molecule has 0 aliphatic heterocycles. The van der Waals surface area contributed by atoms with Crippen LogP contribution in [0.5, 0.6) is 0 Å². The lowest BCUT2D eigenvalue weighted by Crippen LogP contribution is -2.33. The van der Waals surface area contributed by atoms with E-state index in [9.17, 15) is 18.4 Å². The number of benzene rings is 2. The van der Waals surface area contributed by atoms with Crippen LogP contribution in [-0.2, 0) is 11.8 Å². The molecule has 2 amide bonds. The monoisotopic (exact) mass is 551 g/mol. The lowest BCUT2D eigenvalue weighted by atomic mass is 10.0. The first-order valence-corrected chi connectivity index (χ1v) is 12.2. The fourth-order valence-electron chi connectivity index (χ4n) is 3.15. The Labute approximate surface area is 208 Å². The molecular weight excluding hydrogens is 528 g/mol. The Morgan fingerprint density at radius 3 is 2.44 bits per heavy atom. The van der Waals surface area contributed by atoms with Crippen molar-refractivity contribution in [2.24, 2.45) is 13.0 Å². The van der Waals surface area contributed by atoms with Gasteiger partial charge >= 0.3 is 0 Å². The molecule has 2 aromatic carbocycles. The number of aromatic nitrogens is 3. The molecule has 1 atom stereocenters. The van der Waals surface area contributed by atoms with Crippen molar-refractivity contribution in [2.75, 3.05) is 11.1 Å². The van der Waals surface area contributed by atoms with Gasteiger partial charge in [0.05, 0.1) is 17.5 Å². The Bertz CT molecular complexity index is 1180. The smallest absolute Gasteiger partial charge is 0.251 e. The molecule has 7 nitrogen and oxygen atoms in total. The third kappa shape index (κ3) is 6.20. The molecule has 0 fully saturated rings. The molecule has 0 aliphatic carbocycles. The number of aryl methyl sites for hydroxylation is 1. The van der Waals surface area contributed by atoms with Crippen molar-refractivity contribution in [3.05, 3.63) is 69.5 Å². The summed E-state index contributed by atoms with van der Waals surface area (Å²) in [5.74, 6) is -1.84. The summed E-state index contributed by atoms with van der Waals surface area (Å²) < 4.78 is 29.0. The first-order chi connectivity index (χ1) is 16.1. The molecule has 0 radical (unpaired) electrons. The summed E-state index contributed by atoms with van der Waals surface area (Å²) in [5, 5.41) is 14.3. The Morgan fingerprint density at radius 2 is 1.82 bits per heavy atom. The van der Waals surface area contributed by atoms with Crippen LogP contribution >= 0.6 is 27.7 Å². The number of carbonyl (C=O) groups excluding carboxylic acids is 2. The number of amides is 2. The summed E-state index contributed by atoms with van der Waals surface area (Å²) in [7, 11) is 1.75. The van der Waals surface area contributed by atoms with Crippen LogP contribution in [0.1, 0.15) is 41.6 Å². The van der Waals surface area contributed by atoms with Gasteiger partial charge in [-0.2, -0.15) is 0 Å². The van der Waals surface area contributed by atoms with Gasteiger partial charge in [-0.25, -0.2) is 8.78 Å². The molecule has 0 saturated carbocycles. The van der Waals surface area contributed by atoms with Crippen molar-refractivity contribution in [3.8, 4) is 0 Å². The lowest BCUT2D eigenvalue weighted by Gasteiger charge is -2.21. The highest BCUT2D eigenvalue weighted by molar-refractivity contribution is 9.10. The minimum Gasteiger partial charge on any atom is -0.342 e. The Balaban J connectivity index is 1.68. The highest BCUT2D eigenvalue weighted by Gasteiger charge is 2.25. The first-order valence-electron chi connectivity index (χ1n) is 10.4. The van der Waals surface area contributed by atoms with Crippen LogP contribution < -0.4 is 10.6 Å². The predicted octanol–water partition coefficient (Wildman–Crippen LogP) is 5.02. The molecule has 0 spiro atoms. The standard InChI is InChI=1S/C23H24BrF2N5O2S/c1-12(2)19(28-22(33)14-7-5-13(3)6-8-14)21-29-30-23(31(21)4)34-11-18(32)27-20-16(24)9-15(25)10-17(20)26/h5-10,12,19H,11H2,1-4H3,(H,27,32)(H,28,33)/t19-/m1/s1. The number of carbonyl (C=O) groups is 2. The molecule has 1 aromatic heterocycles. The van der Waals surface area contributed by atoms with E-state index in [0.29, 0.717) is 22.6 Å². The van der Waals surface area contributed by atoms with Crippen molar-refractivity contribution < 1.29 is 18.4 Å². The van der Waals surface area contributed by atoms with Gasteiger partial charge in [0.2, 0.25) is 5.91 Å². The van der Waals surface area contributed by atoms with Crippen molar-refractivity contribution in [1.29, 1.82) is 0 Å². The van der Waals surface area contributed by atoms with E-state index in [1.54, 1.807) is 23.7 Å². The van der Waals surface area contributed by atoms with Gasteiger partial charge < -0.3 is 15.2 Å². The van der Waals surface area contributed by atoms with E-state index in [-0.39, 0.29) is 27.7 Å². The van der Waals surface area contributed by atoms with Gasteiger partial charge in [-0.05, 0) is 47.0 Å². The van der Waals surface area contributed by atoms with Gasteiger partial charge in [0.1, 0.15) is 5.82 Å². The van der Waals surface area contributed by atoms with Gasteiger partial charge in [-0.15, -0.1) is 10.2 Å². The van der Waals surface area contributed by atoms with Crippen LogP contribution in [0.15, 0.2) is 46.0 Å². The van der Waals surface area contributed by atoms with Crippen molar-refractivity contribution in [3.63, 3.8) is 0 Å². The van der Waals surface area contributed by atoms with Gasteiger partial charge in [0.15, 0.2) is 16.8 Å². The number of rotatable bonds is 8. The summed E-state index contributed by atoms with van der Waals surface area (Å²) in [6, 6.07) is 8.63. The van der Waals surface area contributed by atoms with E-state index in [2.05, 4.69) is 36.8 Å². The van der Waals surface area contributed by atoms with Crippen LogP contribution in [0.3, 0.4) is 0 Å². The third-order valence-corrected chi connectivity index (χ3v) is 6.66. The molecule has 3 rings (SSSR count). The van der Waals surface area contributed by atoms with E-state index in [1.807, 2.05) is 32.9 Å². The average molecular weight is 552 g/mol. The number of halogens is 3. The second-order valence-electron chi connectivity index (χ2n) is 8.04. The van der Waals surface area contributed by atoms with Gasteiger partial charge in [0.25, 0.3) is 5.91 Å². The van der Waals surface area contributed by atoms with E-state index in [4.69, 9.17) is 0 Å². The summed E-state index contributed by atoms with van der Waals surface area (Å²) in [5.41, 5.74) is 1.47. The summed E-state index contributed by atoms with van der Waals surface area (Å²) in [6.07, 6.45) is 0. The zero-order chi connectivity index (χ0) is 25.0. The van der Waals surface area contributed by atoms with Crippen LogP contribution in [0.4, 0.5) is 14.5 Å². The number of nitrogens with one attached hydrogen (secondary N) is 2. The maximum Gasteiger partial charge on any atom is 0.251 e. The highest BCUT2D eigenvalue weighted by Crippen LogP contribution is 2.28. The number of hydrogen-bond acceptors (Lipinski definition) is 5. The molecule has 3 aromatic rings. The summed E-state index contributed by atoms with van der Waals surface area (Å²) in [4.78, 5) is 25.1. The fraction of sp³-hybridized carbons (Fsp3) is 0.304. The fourth-order valence-corrected chi connectivity index (χ4v) is 4.37. The number of anilines is 1. The summed E-state index contributed by atoms with van der Waals surface area (Å²) in [6.45, 7) is 5.88. The molecule has 0 unspecified atom stereocenters. The molecule has 34 heavy (non-hydrogen) atoms. The topological polar surface area (TPSA) is 88.9 Å². The largest absolute Gasteiger partial charge is 0.342 e. The molecule has 0 bridgehead atoms. The molecule has 1 heterocycles. The van der Waals surface area contributed by atoms with Crippen LogP contribution in [-0.4, -0.2) is 32.3 Å². The maximum atomic E-state index is 14.0. The number of thioether (sulfide) groups is 1. The Kier molecular flexibility index (Phi) is 8.42. The Morgan fingerprint density at radius 1 is 1.15 bits per heavy atom. The van der Waals surface area contributed by atoms with E-state index >= 15 is 0 Å². The van der Waals surface area contributed by atoms with Gasteiger partial charge in [-0.3, -0.25) is 9.59 Å². The van der Waals surface area contributed by atoms with E-state index in [0.717, 1.165) is 23.4 Å². The second kappa shape index (κ2) is 11.1. The van der Waals surface area contributed by atoms with Crippen molar-refractivity contribution >= 4 is 45.2 Å². The normalized spacial score (nSPS) is 12.0. The SMILES string of the molecule is Cc1ccc(C(=O)N[C@@H](c2nnc(SCC(=O)Nc3c(F)cc(F)cc3Br)n2C)C(C)C)cc1. The minimum atomic E-state index is -0.879. The number of hydrogen-bond donors (Lipinski definition) is 2. The third-order valence-electron chi connectivity index (χ3n) is 5.02. The second-order valence-corrected chi connectivity index (χ2v) is 9.84. The average Bonchev–Trinajstić information content (AvgIpc) is 3.13. The van der Waals surface area contributed by atoms with Crippen LogP contribution in [0.2, 0.25) is 0 Å². The minimum absolute atomic E-state index is 0.0252. The quantitative estimate of drug-likeness (QED) is 0.383. The number of nitrogens with zero attached hydrogens (tertiary/aromatic N) is 3. The van der Waals surface area contributed by atoms with Gasteiger partial charge in [0, 0.05) is 23.2 Å². The van der Waals surface area contributed by atoms with Gasteiger partial charge in [-0.1, -0.05) is 43.3 Å². The molecule has 180 valence electrons. The zero-order valence-electron chi connectivity index (χ0n) is 19.0. The highest BCUT2D eigenvalue weighted by atomic mass is 79.9. The maximum absolute atomic E-state index is 14.0. The molecule has 0 saturated heterocycles. The molecular formula is C23H24BrF2N5O2S. The first kappa shape index (κ1) is 25.8. The zero-order valence-corrected chi connectivity index (χ0v) is 21.4. The lowest BCUT2D eigenvalue weighted by molar-refractivity contribution is -0.113. The van der Waals surface area contributed by atoms with Crippen molar-refractivity contribution in [2.45, 2.75) is 32.0 Å². The van der Waals surface area contributed by atoms with E-state index < -0.39 is 23.6 Å². The van der Waals surface area contributed by atoms with Crippen LogP contribution in [0, 0.1) is 24.5 Å². The van der Waals surface area contributed by atoms with Crippen molar-refractivity contribution in [1.82, 2.24) is 20.1 Å². The summed E-state index contributed by atoms with van der Waals surface area (Å²) >= 11 is 4.15. The molecule has 11 heteroatoms. The van der Waals surface area contributed by atoms with Crippen LogP contribution in [0.25, 0.3) is 0 Å². The molecule has 2 N–H and O–H groups in total. The van der Waals surface area contributed by atoms with E-state index in [1.165, 1.54) is 0 Å². The Hall–Kier alpha value is -2.79.